The van der Waals surface area contributed by atoms with Crippen LogP contribution >= 0.6 is 0 Å². The third kappa shape index (κ3) is 13.9. The highest BCUT2D eigenvalue weighted by molar-refractivity contribution is 4.55. The summed E-state index contributed by atoms with van der Waals surface area (Å²) in [7, 11) is 0. The first-order valence-electron chi connectivity index (χ1n) is 7.68. The zero-order valence-electron chi connectivity index (χ0n) is 12.1. The van der Waals surface area contributed by atoms with Crippen molar-refractivity contribution in [1.29, 1.82) is 0 Å². The van der Waals surface area contributed by atoms with Gasteiger partial charge in [0.15, 0.2) is 0 Å². The molecule has 0 amide bonds. The van der Waals surface area contributed by atoms with Crippen molar-refractivity contribution in [2.75, 3.05) is 19.8 Å². The Hall–Kier alpha value is -0.120. The summed E-state index contributed by atoms with van der Waals surface area (Å²) in [5.74, 6) is 0. The summed E-state index contributed by atoms with van der Waals surface area (Å²) in [4.78, 5) is 0. The minimum Gasteiger partial charge on any atom is -0.394 e. The molecule has 2 N–H and O–H groups in total. The maximum absolute atomic E-state index is 9.57. The fraction of sp³-hybridized carbons (Fsp3) is 1.00. The molecule has 0 spiro atoms. The van der Waals surface area contributed by atoms with E-state index in [1.165, 1.54) is 51.4 Å². The molecule has 1 atom stereocenters. The van der Waals surface area contributed by atoms with Gasteiger partial charge in [-0.05, 0) is 6.42 Å². The maximum Gasteiger partial charge on any atom is 0.0773 e. The molecule has 0 rings (SSSR count). The molecule has 0 aliphatic carbocycles. The van der Waals surface area contributed by atoms with E-state index in [1.807, 2.05) is 0 Å². The molecule has 0 heterocycles. The van der Waals surface area contributed by atoms with Gasteiger partial charge in [0.1, 0.15) is 0 Å². The molecule has 1 unspecified atom stereocenters. The lowest BCUT2D eigenvalue weighted by molar-refractivity contribution is 0.0170. The Morgan fingerprint density at radius 2 is 1.44 bits per heavy atom. The fourth-order valence-corrected chi connectivity index (χ4v) is 2.06. The largest absolute Gasteiger partial charge is 0.394 e. The highest BCUT2D eigenvalue weighted by Gasteiger charge is 2.03. The number of aliphatic hydroxyl groups is 2. The van der Waals surface area contributed by atoms with Crippen molar-refractivity contribution in [1.82, 2.24) is 0 Å². The molecule has 110 valence electrons. The van der Waals surface area contributed by atoms with Gasteiger partial charge in [0.05, 0.1) is 25.9 Å². The van der Waals surface area contributed by atoms with Crippen molar-refractivity contribution in [3.63, 3.8) is 0 Å². The standard InChI is InChI=1S/C15H32O3/c1-2-3-4-5-6-7-8-9-10-11-15(17)14-18-13-12-16/h15-17H,2-14H2,1H3. The summed E-state index contributed by atoms with van der Waals surface area (Å²) in [6.07, 6.45) is 12.2. The highest BCUT2D eigenvalue weighted by Crippen LogP contribution is 2.11. The van der Waals surface area contributed by atoms with E-state index in [1.54, 1.807) is 0 Å². The summed E-state index contributed by atoms with van der Waals surface area (Å²) < 4.78 is 5.08. The van der Waals surface area contributed by atoms with Gasteiger partial charge in [-0.2, -0.15) is 0 Å². The van der Waals surface area contributed by atoms with Crippen LogP contribution in [0.5, 0.6) is 0 Å². The second-order valence-electron chi connectivity index (χ2n) is 5.07. The highest BCUT2D eigenvalue weighted by atomic mass is 16.5. The summed E-state index contributed by atoms with van der Waals surface area (Å²) in [5.41, 5.74) is 0. The lowest BCUT2D eigenvalue weighted by Gasteiger charge is -2.10. The minimum absolute atomic E-state index is 0.0325. The van der Waals surface area contributed by atoms with E-state index >= 15 is 0 Å². The molecule has 0 bridgehead atoms. The molecule has 0 aliphatic rings. The lowest BCUT2D eigenvalue weighted by Crippen LogP contribution is -2.16. The molecule has 3 nitrogen and oxygen atoms in total. The van der Waals surface area contributed by atoms with Gasteiger partial charge in [-0.15, -0.1) is 0 Å². The summed E-state index contributed by atoms with van der Waals surface area (Å²) in [6.45, 7) is 2.97. The quantitative estimate of drug-likeness (QED) is 0.471. The zero-order chi connectivity index (χ0) is 13.5. The second-order valence-corrected chi connectivity index (χ2v) is 5.07. The van der Waals surface area contributed by atoms with Gasteiger partial charge in [0.25, 0.3) is 0 Å². The van der Waals surface area contributed by atoms with Crippen molar-refractivity contribution in [3.8, 4) is 0 Å². The average molecular weight is 260 g/mol. The van der Waals surface area contributed by atoms with Crippen LogP contribution in [-0.2, 0) is 4.74 Å². The van der Waals surface area contributed by atoms with Gasteiger partial charge in [-0.25, -0.2) is 0 Å². The number of hydrogen-bond donors (Lipinski definition) is 2. The molecule has 0 fully saturated rings. The van der Waals surface area contributed by atoms with Crippen LogP contribution in [0.1, 0.15) is 71.1 Å². The lowest BCUT2D eigenvalue weighted by atomic mass is 10.1. The minimum atomic E-state index is -0.360. The van der Waals surface area contributed by atoms with E-state index < -0.39 is 0 Å². The van der Waals surface area contributed by atoms with E-state index in [-0.39, 0.29) is 12.7 Å². The van der Waals surface area contributed by atoms with Crippen molar-refractivity contribution in [2.45, 2.75) is 77.2 Å². The van der Waals surface area contributed by atoms with E-state index in [2.05, 4.69) is 6.92 Å². The van der Waals surface area contributed by atoms with Gasteiger partial charge in [0, 0.05) is 0 Å². The number of aliphatic hydroxyl groups excluding tert-OH is 2. The Labute approximate surface area is 113 Å². The summed E-state index contributed by atoms with van der Waals surface area (Å²) >= 11 is 0. The topological polar surface area (TPSA) is 49.7 Å². The summed E-state index contributed by atoms with van der Waals surface area (Å²) in [6, 6.07) is 0. The predicted molar refractivity (Wildman–Crippen MR) is 75.8 cm³/mol. The van der Waals surface area contributed by atoms with Gasteiger partial charge in [-0.3, -0.25) is 0 Å². The van der Waals surface area contributed by atoms with E-state index in [9.17, 15) is 5.11 Å². The van der Waals surface area contributed by atoms with Gasteiger partial charge in [0.2, 0.25) is 0 Å². The van der Waals surface area contributed by atoms with Gasteiger partial charge < -0.3 is 14.9 Å². The molecule has 0 saturated carbocycles. The first kappa shape index (κ1) is 17.9. The molecule has 0 aromatic carbocycles. The average Bonchev–Trinajstić information content (AvgIpc) is 2.37. The SMILES string of the molecule is CCCCCCCCCCCC(O)COCCO. The van der Waals surface area contributed by atoms with Gasteiger partial charge in [-0.1, -0.05) is 64.7 Å². The smallest absolute Gasteiger partial charge is 0.0773 e. The van der Waals surface area contributed by atoms with Crippen LogP contribution in [0, 0.1) is 0 Å². The molecular formula is C15H32O3. The van der Waals surface area contributed by atoms with E-state index in [4.69, 9.17) is 9.84 Å². The Morgan fingerprint density at radius 1 is 0.889 bits per heavy atom. The predicted octanol–water partition coefficient (Wildman–Crippen LogP) is 3.28. The normalized spacial score (nSPS) is 12.8. The number of hydrogen-bond acceptors (Lipinski definition) is 3. The van der Waals surface area contributed by atoms with Crippen LogP contribution in [-0.4, -0.2) is 36.1 Å². The molecular weight excluding hydrogens is 228 g/mol. The maximum atomic E-state index is 9.57. The third-order valence-corrected chi connectivity index (χ3v) is 3.19. The van der Waals surface area contributed by atoms with Crippen LogP contribution in [0.4, 0.5) is 0 Å². The molecule has 18 heavy (non-hydrogen) atoms. The first-order chi connectivity index (χ1) is 8.81. The molecule has 0 saturated heterocycles. The molecule has 0 radical (unpaired) electrons. The fourth-order valence-electron chi connectivity index (χ4n) is 2.06. The van der Waals surface area contributed by atoms with E-state index in [0.717, 1.165) is 12.8 Å². The first-order valence-corrected chi connectivity index (χ1v) is 7.68. The molecule has 0 aromatic heterocycles. The van der Waals surface area contributed by atoms with Crippen LogP contribution < -0.4 is 0 Å². The Kier molecular flexibility index (Phi) is 14.8. The van der Waals surface area contributed by atoms with Crippen molar-refractivity contribution in [2.24, 2.45) is 0 Å². The van der Waals surface area contributed by atoms with Crippen molar-refractivity contribution >= 4 is 0 Å². The van der Waals surface area contributed by atoms with Crippen LogP contribution in [0.3, 0.4) is 0 Å². The molecule has 3 heteroatoms. The van der Waals surface area contributed by atoms with Crippen LogP contribution in [0.15, 0.2) is 0 Å². The van der Waals surface area contributed by atoms with Crippen LogP contribution in [0.25, 0.3) is 0 Å². The number of unbranched alkanes of at least 4 members (excludes halogenated alkanes) is 8. The summed E-state index contributed by atoms with van der Waals surface area (Å²) in [5, 5.41) is 18.1. The Bertz CT molecular complexity index is 151. The zero-order valence-corrected chi connectivity index (χ0v) is 12.1. The number of rotatable bonds is 14. The third-order valence-electron chi connectivity index (χ3n) is 3.19. The van der Waals surface area contributed by atoms with E-state index in [0.29, 0.717) is 13.2 Å². The second kappa shape index (κ2) is 14.9. The monoisotopic (exact) mass is 260 g/mol. The van der Waals surface area contributed by atoms with Crippen molar-refractivity contribution < 1.29 is 14.9 Å². The van der Waals surface area contributed by atoms with Crippen LogP contribution in [0.2, 0.25) is 0 Å². The number of ether oxygens (including phenoxy) is 1. The van der Waals surface area contributed by atoms with Crippen molar-refractivity contribution in [3.05, 3.63) is 0 Å². The Morgan fingerprint density at radius 3 is 2.00 bits per heavy atom. The Balaban J connectivity index is 3.05. The van der Waals surface area contributed by atoms with Gasteiger partial charge >= 0.3 is 0 Å². The molecule has 0 aliphatic heterocycles. The molecule has 0 aromatic rings.